The third-order valence-electron chi connectivity index (χ3n) is 7.66. The first kappa shape index (κ1) is 23.2. The van der Waals surface area contributed by atoms with Crippen LogP contribution >= 0.6 is 11.8 Å². The number of aromatic nitrogens is 3. The molecule has 0 saturated carbocycles. The van der Waals surface area contributed by atoms with E-state index in [-0.39, 0.29) is 0 Å². The molecular formula is C36H25N3S. The van der Waals surface area contributed by atoms with Crippen molar-refractivity contribution in [2.45, 2.75) is 22.6 Å². The van der Waals surface area contributed by atoms with Crippen molar-refractivity contribution >= 4 is 51.3 Å². The van der Waals surface area contributed by atoms with E-state index in [0.717, 1.165) is 52.3 Å². The van der Waals surface area contributed by atoms with E-state index in [1.807, 2.05) is 17.8 Å². The third kappa shape index (κ3) is 3.83. The van der Waals surface area contributed by atoms with Gasteiger partial charge in [-0.15, -0.1) is 0 Å². The van der Waals surface area contributed by atoms with E-state index in [2.05, 4.69) is 126 Å². The van der Waals surface area contributed by atoms with Crippen molar-refractivity contribution in [2.24, 2.45) is 0 Å². The van der Waals surface area contributed by atoms with Crippen molar-refractivity contribution in [3.8, 4) is 17.1 Å². The minimum absolute atomic E-state index is 0.763. The summed E-state index contributed by atoms with van der Waals surface area (Å²) < 4.78 is 2.32. The maximum Gasteiger partial charge on any atom is 0.161 e. The summed E-state index contributed by atoms with van der Waals surface area (Å²) in [5.41, 5.74) is 7.87. The highest BCUT2D eigenvalue weighted by atomic mass is 32.2. The average Bonchev–Trinajstić information content (AvgIpc) is 3.24. The minimum atomic E-state index is 0.763. The second-order valence-electron chi connectivity index (χ2n) is 10.1. The minimum Gasteiger partial charge on any atom is -0.294 e. The van der Waals surface area contributed by atoms with Crippen LogP contribution in [0.25, 0.3) is 56.6 Å². The standard InChI is InChI=1S/C36H25N3S/c1-3-11-24(12-4-1)29-23-33(38-36(37-29)27-14-5-2-6-15-27)39-30-17-9-8-16-28(30)34-31(39)22-21-26-20-19-25-13-7-10-18-32(25)40-35(26)34/h1,3-5,7-23H,2,6H2. The predicted molar refractivity (Wildman–Crippen MR) is 168 cm³/mol. The quantitative estimate of drug-likeness (QED) is 0.227. The molecule has 2 aromatic heterocycles. The van der Waals surface area contributed by atoms with E-state index in [0.29, 0.717) is 0 Å². The van der Waals surface area contributed by atoms with E-state index >= 15 is 0 Å². The molecule has 3 nitrogen and oxygen atoms in total. The number of fused-ring (bicyclic) bond motifs is 6. The SMILES string of the molecule is C1=CC(c2nc(-c3ccccc3)cc(-n3c4ccccc4c4c5c(ccc43)C=Cc3ccccc3S5)n2)=CCC1. The van der Waals surface area contributed by atoms with E-state index in [4.69, 9.17) is 9.97 Å². The van der Waals surface area contributed by atoms with Gasteiger partial charge in [-0.2, -0.15) is 0 Å². The maximum atomic E-state index is 5.20. The zero-order valence-corrected chi connectivity index (χ0v) is 22.6. The zero-order chi connectivity index (χ0) is 26.5. The van der Waals surface area contributed by atoms with Gasteiger partial charge in [0.15, 0.2) is 5.82 Å². The van der Waals surface area contributed by atoms with Crippen LogP contribution in [-0.2, 0) is 0 Å². The van der Waals surface area contributed by atoms with Crippen LogP contribution in [-0.4, -0.2) is 14.5 Å². The zero-order valence-electron chi connectivity index (χ0n) is 21.8. The van der Waals surface area contributed by atoms with E-state index in [1.54, 1.807) is 0 Å². The Morgan fingerprint density at radius 2 is 1.50 bits per heavy atom. The monoisotopic (exact) mass is 531 g/mol. The van der Waals surface area contributed by atoms with Crippen LogP contribution in [0.15, 0.2) is 125 Å². The Bertz CT molecular complexity index is 2030. The second-order valence-corrected chi connectivity index (χ2v) is 11.2. The van der Waals surface area contributed by atoms with Crippen LogP contribution in [0.4, 0.5) is 0 Å². The van der Waals surface area contributed by atoms with Crippen LogP contribution in [0, 0.1) is 0 Å². The summed E-state index contributed by atoms with van der Waals surface area (Å²) >= 11 is 1.86. The Kier molecular flexibility index (Phi) is 5.52. The molecule has 0 unspecified atom stereocenters. The van der Waals surface area contributed by atoms with Crippen molar-refractivity contribution in [1.29, 1.82) is 0 Å². The van der Waals surface area contributed by atoms with Crippen LogP contribution in [0.5, 0.6) is 0 Å². The smallest absolute Gasteiger partial charge is 0.161 e. The molecule has 0 amide bonds. The van der Waals surface area contributed by atoms with Crippen molar-refractivity contribution in [2.75, 3.05) is 0 Å². The Morgan fingerprint density at radius 3 is 2.40 bits per heavy atom. The van der Waals surface area contributed by atoms with Gasteiger partial charge >= 0.3 is 0 Å². The van der Waals surface area contributed by atoms with Crippen LogP contribution in [0.2, 0.25) is 0 Å². The summed E-state index contributed by atoms with van der Waals surface area (Å²) in [4.78, 5) is 12.8. The molecule has 0 spiro atoms. The highest BCUT2D eigenvalue weighted by Crippen LogP contribution is 2.45. The molecule has 4 aromatic carbocycles. The first-order valence-corrected chi connectivity index (χ1v) is 14.5. The van der Waals surface area contributed by atoms with E-state index < -0.39 is 0 Å². The van der Waals surface area contributed by atoms with Crippen LogP contribution in [0.1, 0.15) is 29.8 Å². The lowest BCUT2D eigenvalue weighted by molar-refractivity contribution is 1.000. The number of hydrogen-bond acceptors (Lipinski definition) is 3. The number of para-hydroxylation sites is 1. The lowest BCUT2D eigenvalue weighted by Crippen LogP contribution is -2.04. The van der Waals surface area contributed by atoms with Gasteiger partial charge in [-0.1, -0.05) is 115 Å². The fourth-order valence-corrected chi connectivity index (χ4v) is 6.94. The van der Waals surface area contributed by atoms with Gasteiger partial charge in [0.1, 0.15) is 5.82 Å². The molecule has 40 heavy (non-hydrogen) atoms. The van der Waals surface area contributed by atoms with Crippen LogP contribution in [0.3, 0.4) is 0 Å². The Labute approximate surface area is 237 Å². The molecule has 4 heteroatoms. The number of benzene rings is 4. The van der Waals surface area contributed by atoms with Gasteiger partial charge in [-0.25, -0.2) is 9.97 Å². The van der Waals surface area contributed by atoms with Crippen molar-refractivity contribution in [3.63, 3.8) is 0 Å². The van der Waals surface area contributed by atoms with Crippen LogP contribution < -0.4 is 0 Å². The highest BCUT2D eigenvalue weighted by Gasteiger charge is 2.21. The Hall–Kier alpha value is -4.67. The molecule has 0 saturated heterocycles. The molecule has 2 aliphatic rings. The molecule has 0 atom stereocenters. The van der Waals surface area contributed by atoms with Gasteiger partial charge in [-0.3, -0.25) is 4.57 Å². The molecular weight excluding hydrogens is 506 g/mol. The predicted octanol–water partition coefficient (Wildman–Crippen LogP) is 9.61. The topological polar surface area (TPSA) is 30.7 Å². The molecule has 8 rings (SSSR count). The maximum absolute atomic E-state index is 5.20. The molecule has 6 aromatic rings. The van der Waals surface area contributed by atoms with E-state index in [1.165, 1.54) is 31.7 Å². The number of rotatable bonds is 3. The Morgan fingerprint density at radius 1 is 0.675 bits per heavy atom. The third-order valence-corrected chi connectivity index (χ3v) is 8.89. The molecule has 0 fully saturated rings. The first-order chi connectivity index (χ1) is 19.8. The average molecular weight is 532 g/mol. The van der Waals surface area contributed by atoms with Gasteiger partial charge in [0, 0.05) is 37.8 Å². The highest BCUT2D eigenvalue weighted by molar-refractivity contribution is 7.99. The van der Waals surface area contributed by atoms with Gasteiger partial charge in [0.25, 0.3) is 0 Å². The lowest BCUT2D eigenvalue weighted by Gasteiger charge is -2.14. The summed E-state index contributed by atoms with van der Waals surface area (Å²) in [6.45, 7) is 0. The second kappa shape index (κ2) is 9.51. The number of nitrogens with zero attached hydrogens (tertiary/aromatic N) is 3. The van der Waals surface area contributed by atoms with E-state index in [9.17, 15) is 0 Å². The molecule has 0 bridgehead atoms. The molecule has 1 aliphatic heterocycles. The fourth-order valence-electron chi connectivity index (χ4n) is 5.75. The van der Waals surface area contributed by atoms with Crippen molar-refractivity contribution in [1.82, 2.24) is 14.5 Å². The summed E-state index contributed by atoms with van der Waals surface area (Å²) in [5, 5.41) is 2.49. The first-order valence-electron chi connectivity index (χ1n) is 13.7. The summed E-state index contributed by atoms with van der Waals surface area (Å²) in [6.07, 6.45) is 13.2. The normalized spacial score (nSPS) is 14.2. The molecule has 3 heterocycles. The number of allylic oxidation sites excluding steroid dienone is 4. The summed E-state index contributed by atoms with van der Waals surface area (Å²) in [7, 11) is 0. The molecule has 1 aliphatic carbocycles. The summed E-state index contributed by atoms with van der Waals surface area (Å²) in [5.74, 6) is 1.64. The van der Waals surface area contributed by atoms with Crippen molar-refractivity contribution in [3.05, 3.63) is 132 Å². The van der Waals surface area contributed by atoms with Gasteiger partial charge in [0.2, 0.25) is 0 Å². The number of hydrogen-bond donors (Lipinski definition) is 0. The lowest BCUT2D eigenvalue weighted by atomic mass is 10.1. The molecule has 190 valence electrons. The summed E-state index contributed by atoms with van der Waals surface area (Å²) in [6, 6.07) is 34.4. The van der Waals surface area contributed by atoms with Gasteiger partial charge in [0.05, 0.1) is 16.7 Å². The molecule has 0 radical (unpaired) electrons. The fraction of sp³-hybridized carbons (Fsp3) is 0.0556. The largest absolute Gasteiger partial charge is 0.294 e. The van der Waals surface area contributed by atoms with Gasteiger partial charge < -0.3 is 0 Å². The Balaban J connectivity index is 1.42. The van der Waals surface area contributed by atoms with Crippen molar-refractivity contribution < 1.29 is 0 Å². The van der Waals surface area contributed by atoms with Gasteiger partial charge in [-0.05, 0) is 42.2 Å². The molecule has 0 N–H and O–H groups in total.